The number of aromatic nitrogens is 1. The minimum atomic E-state index is -0.493. The highest BCUT2D eigenvalue weighted by molar-refractivity contribution is 5.93. The van der Waals surface area contributed by atoms with Gasteiger partial charge in [0.25, 0.3) is 5.91 Å². The molecule has 0 saturated heterocycles. The van der Waals surface area contributed by atoms with Crippen LogP contribution in [0, 0.1) is 0 Å². The Balaban J connectivity index is 1.67. The molecule has 3 rings (SSSR count). The molecule has 0 aromatic carbocycles. The fourth-order valence-electron chi connectivity index (χ4n) is 2.62. The number of rotatable bonds is 3. The number of nitrogens with zero attached hydrogens (tertiary/aromatic N) is 1. The lowest BCUT2D eigenvalue weighted by molar-refractivity contribution is 0.0811. The summed E-state index contributed by atoms with van der Waals surface area (Å²) in [5.41, 5.74) is 0.192. The number of furan rings is 1. The van der Waals surface area contributed by atoms with Gasteiger partial charge in [0.1, 0.15) is 0 Å². The Labute approximate surface area is 122 Å². The van der Waals surface area contributed by atoms with Gasteiger partial charge in [-0.05, 0) is 25.0 Å². The monoisotopic (exact) mass is 290 g/mol. The summed E-state index contributed by atoms with van der Waals surface area (Å²) in [6.07, 6.45) is 5.65. The van der Waals surface area contributed by atoms with Gasteiger partial charge in [-0.1, -0.05) is 24.4 Å². The Morgan fingerprint density at radius 3 is 2.95 bits per heavy atom. The summed E-state index contributed by atoms with van der Waals surface area (Å²) >= 11 is 0. The van der Waals surface area contributed by atoms with Crippen molar-refractivity contribution in [1.29, 1.82) is 0 Å². The molecule has 21 heavy (non-hydrogen) atoms. The molecule has 2 heterocycles. The number of carbonyl (C=O) groups excluding carboxylic acids is 1. The molecule has 1 aliphatic rings. The van der Waals surface area contributed by atoms with E-state index in [1.54, 1.807) is 12.1 Å². The van der Waals surface area contributed by atoms with E-state index in [2.05, 4.69) is 10.5 Å². The number of amides is 1. The van der Waals surface area contributed by atoms with E-state index in [1.807, 2.05) is 0 Å². The van der Waals surface area contributed by atoms with Gasteiger partial charge < -0.3 is 19.4 Å². The van der Waals surface area contributed by atoms with Crippen LogP contribution in [0.15, 0.2) is 33.4 Å². The quantitative estimate of drug-likeness (QED) is 0.847. The molecular formula is C15H18N2O4. The number of nitrogens with one attached hydrogen (secondary N) is 1. The molecule has 2 unspecified atom stereocenters. The third-order valence-corrected chi connectivity index (χ3v) is 3.80. The van der Waals surface area contributed by atoms with Crippen molar-refractivity contribution in [1.82, 2.24) is 10.5 Å². The molecular weight excluding hydrogens is 272 g/mol. The van der Waals surface area contributed by atoms with Crippen LogP contribution < -0.4 is 5.32 Å². The van der Waals surface area contributed by atoms with Gasteiger partial charge >= 0.3 is 0 Å². The first-order valence-electron chi connectivity index (χ1n) is 7.23. The van der Waals surface area contributed by atoms with Crippen molar-refractivity contribution in [3.05, 3.63) is 30.2 Å². The summed E-state index contributed by atoms with van der Waals surface area (Å²) in [4.78, 5) is 12.2. The molecule has 1 aliphatic carbocycles. The first kappa shape index (κ1) is 13.9. The highest BCUT2D eigenvalue weighted by Gasteiger charge is 2.25. The van der Waals surface area contributed by atoms with Gasteiger partial charge in [-0.2, -0.15) is 0 Å². The van der Waals surface area contributed by atoms with Crippen LogP contribution in [0.3, 0.4) is 0 Å². The van der Waals surface area contributed by atoms with Crippen molar-refractivity contribution >= 4 is 5.91 Å². The van der Waals surface area contributed by atoms with E-state index in [4.69, 9.17) is 8.94 Å². The van der Waals surface area contributed by atoms with E-state index in [1.165, 1.54) is 12.3 Å². The molecule has 0 bridgehead atoms. The summed E-state index contributed by atoms with van der Waals surface area (Å²) in [7, 11) is 0. The van der Waals surface area contributed by atoms with Crippen LogP contribution in [-0.4, -0.2) is 28.3 Å². The molecule has 1 fully saturated rings. The van der Waals surface area contributed by atoms with Gasteiger partial charge in [-0.15, -0.1) is 0 Å². The first-order valence-corrected chi connectivity index (χ1v) is 7.23. The smallest absolute Gasteiger partial charge is 0.273 e. The van der Waals surface area contributed by atoms with Crippen molar-refractivity contribution in [2.75, 3.05) is 0 Å². The molecule has 2 N–H and O–H groups in total. The van der Waals surface area contributed by atoms with Gasteiger partial charge in [-0.25, -0.2) is 0 Å². The summed E-state index contributed by atoms with van der Waals surface area (Å²) in [6, 6.07) is 4.79. The second-order valence-corrected chi connectivity index (χ2v) is 5.34. The molecule has 1 amide bonds. The maximum atomic E-state index is 12.2. The average Bonchev–Trinajstić information content (AvgIpc) is 3.12. The zero-order valence-corrected chi connectivity index (χ0v) is 11.6. The standard InChI is InChI=1S/C15H18N2O4/c18-12-6-3-1-2-5-10(12)16-15(19)11-9-14(21-17-11)13-7-4-8-20-13/h4,7-10,12,18H,1-3,5-6H2,(H,16,19). The molecule has 2 aromatic heterocycles. The Bertz CT molecular complexity index is 591. The zero-order chi connectivity index (χ0) is 14.7. The largest absolute Gasteiger partial charge is 0.461 e. The van der Waals surface area contributed by atoms with Gasteiger partial charge in [0, 0.05) is 6.07 Å². The van der Waals surface area contributed by atoms with Crippen molar-refractivity contribution in [2.24, 2.45) is 0 Å². The number of aliphatic hydroxyl groups is 1. The van der Waals surface area contributed by atoms with Crippen LogP contribution >= 0.6 is 0 Å². The highest BCUT2D eigenvalue weighted by atomic mass is 16.5. The van der Waals surface area contributed by atoms with E-state index >= 15 is 0 Å². The molecule has 6 nitrogen and oxygen atoms in total. The molecule has 0 aliphatic heterocycles. The van der Waals surface area contributed by atoms with E-state index in [0.29, 0.717) is 11.5 Å². The van der Waals surface area contributed by atoms with Crippen LogP contribution in [0.2, 0.25) is 0 Å². The topological polar surface area (TPSA) is 88.5 Å². The summed E-state index contributed by atoms with van der Waals surface area (Å²) in [5.74, 6) is 0.602. The van der Waals surface area contributed by atoms with Gasteiger partial charge in [-0.3, -0.25) is 4.79 Å². The predicted octanol–water partition coefficient (Wildman–Crippen LogP) is 2.36. The van der Waals surface area contributed by atoms with E-state index < -0.39 is 6.10 Å². The molecule has 1 saturated carbocycles. The molecule has 2 aromatic rings. The lowest BCUT2D eigenvalue weighted by atomic mass is 10.1. The van der Waals surface area contributed by atoms with Crippen molar-refractivity contribution in [3.8, 4) is 11.5 Å². The molecule has 6 heteroatoms. The Hall–Kier alpha value is -2.08. The molecule has 2 atom stereocenters. The van der Waals surface area contributed by atoms with Crippen LogP contribution in [-0.2, 0) is 0 Å². The second-order valence-electron chi connectivity index (χ2n) is 5.34. The third-order valence-electron chi connectivity index (χ3n) is 3.80. The fourth-order valence-corrected chi connectivity index (χ4v) is 2.62. The van der Waals surface area contributed by atoms with Crippen molar-refractivity contribution in [3.63, 3.8) is 0 Å². The maximum Gasteiger partial charge on any atom is 0.273 e. The van der Waals surface area contributed by atoms with E-state index in [9.17, 15) is 9.90 Å². The SMILES string of the molecule is O=C(NC1CCCCCC1O)c1cc(-c2ccco2)on1. The zero-order valence-electron chi connectivity index (χ0n) is 11.6. The van der Waals surface area contributed by atoms with Crippen LogP contribution in [0.5, 0.6) is 0 Å². The van der Waals surface area contributed by atoms with Crippen molar-refractivity contribution in [2.45, 2.75) is 44.2 Å². The molecule has 112 valence electrons. The number of carbonyl (C=O) groups is 1. The lowest BCUT2D eigenvalue weighted by Gasteiger charge is -2.20. The first-order chi connectivity index (χ1) is 10.2. The second kappa shape index (κ2) is 6.13. The van der Waals surface area contributed by atoms with E-state index in [0.717, 1.165) is 32.1 Å². The summed E-state index contributed by atoms with van der Waals surface area (Å²) in [6.45, 7) is 0. The molecule has 0 spiro atoms. The van der Waals surface area contributed by atoms with E-state index in [-0.39, 0.29) is 17.6 Å². The lowest BCUT2D eigenvalue weighted by Crippen LogP contribution is -2.42. The normalized spacial score (nSPS) is 22.7. The van der Waals surface area contributed by atoms with Crippen molar-refractivity contribution < 1.29 is 18.8 Å². The molecule has 0 radical (unpaired) electrons. The highest BCUT2D eigenvalue weighted by Crippen LogP contribution is 2.21. The summed E-state index contributed by atoms with van der Waals surface area (Å²) < 4.78 is 10.3. The summed E-state index contributed by atoms with van der Waals surface area (Å²) in [5, 5.41) is 16.6. The van der Waals surface area contributed by atoms with Gasteiger partial charge in [0.15, 0.2) is 11.5 Å². The fraction of sp³-hybridized carbons (Fsp3) is 0.467. The average molecular weight is 290 g/mol. The number of aliphatic hydroxyl groups excluding tert-OH is 1. The van der Waals surface area contributed by atoms with Crippen LogP contribution in [0.1, 0.15) is 42.6 Å². The Morgan fingerprint density at radius 1 is 1.29 bits per heavy atom. The van der Waals surface area contributed by atoms with Crippen LogP contribution in [0.4, 0.5) is 0 Å². The Morgan fingerprint density at radius 2 is 2.14 bits per heavy atom. The number of hydrogen-bond acceptors (Lipinski definition) is 5. The minimum absolute atomic E-state index is 0.192. The third kappa shape index (κ3) is 3.16. The maximum absolute atomic E-state index is 12.2. The minimum Gasteiger partial charge on any atom is -0.461 e. The Kier molecular flexibility index (Phi) is 4.06. The van der Waals surface area contributed by atoms with Gasteiger partial charge in [0.05, 0.1) is 18.4 Å². The van der Waals surface area contributed by atoms with Crippen LogP contribution in [0.25, 0.3) is 11.5 Å². The number of hydrogen-bond donors (Lipinski definition) is 2. The predicted molar refractivity (Wildman–Crippen MR) is 74.6 cm³/mol. The van der Waals surface area contributed by atoms with Gasteiger partial charge in [0.2, 0.25) is 5.76 Å².